The van der Waals surface area contributed by atoms with Gasteiger partial charge in [-0.15, -0.1) is 0 Å². The summed E-state index contributed by atoms with van der Waals surface area (Å²) in [6.07, 6.45) is 0. The van der Waals surface area contributed by atoms with Gasteiger partial charge in [0.2, 0.25) is 0 Å². The van der Waals surface area contributed by atoms with E-state index in [1.54, 1.807) is 37.1 Å². The smallest absolute Gasteiger partial charge is 0.256 e. The van der Waals surface area contributed by atoms with Gasteiger partial charge in [0.15, 0.2) is 0 Å². The van der Waals surface area contributed by atoms with Gasteiger partial charge in [0.25, 0.3) is 16.8 Å². The van der Waals surface area contributed by atoms with Gasteiger partial charge >= 0.3 is 0 Å². The van der Waals surface area contributed by atoms with Gasteiger partial charge in [0.05, 0.1) is 24.2 Å². The maximum Gasteiger partial charge on any atom is 0.256 e. The van der Waals surface area contributed by atoms with Gasteiger partial charge in [-0.3, -0.25) is 14.4 Å². The molecule has 2 heterocycles. The standard InChI is InChI=1S/C26H31N3O4/c1-13-9-11-15(17-18(13)26(6,7)29(8)24(17)32)27-19-20(22(31)21(19)30)28-23(25(3,4)5)16-12-10-14(2)33-16/h9-12,23,27-28H,1-8H3/i23D. The fraction of sp³-hybridized carbons (Fsp3) is 0.423. The molecule has 0 saturated carbocycles. The summed E-state index contributed by atoms with van der Waals surface area (Å²) >= 11 is 0. The van der Waals surface area contributed by atoms with Gasteiger partial charge in [-0.25, -0.2) is 0 Å². The zero-order valence-corrected chi connectivity index (χ0v) is 20.4. The number of aryl methyl sites for hydroxylation is 2. The molecule has 0 fully saturated rings. The number of furan rings is 1. The Labute approximate surface area is 194 Å². The Balaban J connectivity index is 1.79. The topological polar surface area (TPSA) is 91.6 Å². The van der Waals surface area contributed by atoms with E-state index in [1.165, 1.54) is 0 Å². The average molecular weight is 451 g/mol. The highest BCUT2D eigenvalue weighted by molar-refractivity contribution is 6.06. The Kier molecular flexibility index (Phi) is 4.78. The van der Waals surface area contributed by atoms with E-state index in [1.807, 2.05) is 47.6 Å². The second-order valence-electron chi connectivity index (χ2n) is 10.3. The molecule has 0 spiro atoms. The van der Waals surface area contributed by atoms with Crippen LogP contribution in [0.15, 0.2) is 38.3 Å². The SMILES string of the molecule is [2H]C(Nc1c(Nc2ccc(C)c3c2C(=O)N(C)C3(C)C)c(=O)c1=O)(c1ccc(C)o1)C(C)(C)C. The van der Waals surface area contributed by atoms with E-state index < -0.39 is 27.8 Å². The molecule has 1 aromatic heterocycles. The highest BCUT2D eigenvalue weighted by Gasteiger charge is 2.43. The number of fused-ring (bicyclic) bond motifs is 1. The van der Waals surface area contributed by atoms with Gasteiger partial charge in [-0.05, 0) is 62.4 Å². The normalized spacial score (nSPS) is 17.6. The maximum absolute atomic E-state index is 13.1. The van der Waals surface area contributed by atoms with Gasteiger partial charge < -0.3 is 20.0 Å². The summed E-state index contributed by atoms with van der Waals surface area (Å²) in [7, 11) is 1.75. The van der Waals surface area contributed by atoms with Crippen LogP contribution in [0.4, 0.5) is 17.1 Å². The predicted octanol–water partition coefficient (Wildman–Crippen LogP) is 4.76. The summed E-state index contributed by atoms with van der Waals surface area (Å²) in [5, 5.41) is 6.03. The van der Waals surface area contributed by atoms with Crippen LogP contribution >= 0.6 is 0 Å². The molecule has 3 aromatic rings. The lowest BCUT2D eigenvalue weighted by Crippen LogP contribution is -2.39. The minimum absolute atomic E-state index is 0.0105. The lowest BCUT2D eigenvalue weighted by Gasteiger charge is -2.31. The fourth-order valence-corrected chi connectivity index (χ4v) is 4.49. The molecule has 7 nitrogen and oxygen atoms in total. The van der Waals surface area contributed by atoms with Crippen LogP contribution in [0.25, 0.3) is 0 Å². The third-order valence-corrected chi connectivity index (χ3v) is 6.54. The lowest BCUT2D eigenvalue weighted by molar-refractivity contribution is 0.0691. The van der Waals surface area contributed by atoms with Crippen molar-refractivity contribution in [3.63, 3.8) is 0 Å². The number of rotatable bonds is 5. The molecule has 2 N–H and O–H groups in total. The van der Waals surface area contributed by atoms with Crippen molar-refractivity contribution in [3.8, 4) is 0 Å². The third-order valence-electron chi connectivity index (χ3n) is 6.54. The Hall–Kier alpha value is -3.35. The Morgan fingerprint density at radius 2 is 1.67 bits per heavy atom. The van der Waals surface area contributed by atoms with Gasteiger partial charge in [0.1, 0.15) is 22.9 Å². The van der Waals surface area contributed by atoms with Crippen molar-refractivity contribution < 1.29 is 10.6 Å². The van der Waals surface area contributed by atoms with E-state index >= 15 is 0 Å². The number of hydrogen-bond donors (Lipinski definition) is 2. The molecule has 1 aliphatic heterocycles. The number of hydrogen-bond acceptors (Lipinski definition) is 6. The summed E-state index contributed by atoms with van der Waals surface area (Å²) < 4.78 is 14.9. The van der Waals surface area contributed by atoms with Gasteiger partial charge in [-0.2, -0.15) is 0 Å². The molecule has 1 unspecified atom stereocenters. The predicted molar refractivity (Wildman–Crippen MR) is 130 cm³/mol. The maximum atomic E-state index is 13.1. The largest absolute Gasteiger partial charge is 0.464 e. The first-order chi connectivity index (χ1) is 15.6. The van der Waals surface area contributed by atoms with Crippen LogP contribution in [0.1, 0.15) is 75.0 Å². The first-order valence-electron chi connectivity index (χ1n) is 11.5. The van der Waals surface area contributed by atoms with E-state index in [4.69, 9.17) is 4.42 Å². The number of nitrogens with zero attached hydrogens (tertiary/aromatic N) is 1. The van der Waals surface area contributed by atoms with E-state index in [9.17, 15) is 15.8 Å². The molecular weight excluding hydrogens is 418 g/mol. The number of carbonyl (C=O) groups is 1. The average Bonchev–Trinajstić information content (AvgIpc) is 3.27. The molecule has 4 rings (SSSR count). The minimum Gasteiger partial charge on any atom is -0.464 e. The quantitative estimate of drug-likeness (QED) is 0.545. The number of carbonyl (C=O) groups excluding carboxylic acids is 1. The van der Waals surface area contributed by atoms with Crippen molar-refractivity contribution >= 4 is 23.0 Å². The molecule has 0 radical (unpaired) electrons. The summed E-state index contributed by atoms with van der Waals surface area (Å²) in [4.78, 5) is 40.0. The van der Waals surface area contributed by atoms with E-state index in [0.717, 1.165) is 11.1 Å². The first kappa shape index (κ1) is 21.5. The van der Waals surface area contributed by atoms with Gasteiger partial charge in [0, 0.05) is 7.05 Å². The molecule has 0 aliphatic carbocycles. The Morgan fingerprint density at radius 1 is 1.03 bits per heavy atom. The minimum atomic E-state index is -1.52. The van der Waals surface area contributed by atoms with Crippen LogP contribution in [-0.4, -0.2) is 17.9 Å². The van der Waals surface area contributed by atoms with E-state index in [2.05, 4.69) is 10.6 Å². The monoisotopic (exact) mass is 450 g/mol. The van der Waals surface area contributed by atoms with E-state index in [0.29, 0.717) is 22.8 Å². The van der Waals surface area contributed by atoms with Gasteiger partial charge in [-0.1, -0.05) is 26.8 Å². The zero-order chi connectivity index (χ0) is 25.4. The van der Waals surface area contributed by atoms with Crippen LogP contribution in [-0.2, 0) is 5.54 Å². The molecular formula is C26H31N3O4. The summed E-state index contributed by atoms with van der Waals surface area (Å²) in [5.74, 6) is 0.822. The van der Waals surface area contributed by atoms with Crippen molar-refractivity contribution in [3.05, 3.63) is 72.9 Å². The van der Waals surface area contributed by atoms with Crippen LogP contribution in [0.3, 0.4) is 0 Å². The molecule has 1 aliphatic rings. The summed E-state index contributed by atoms with van der Waals surface area (Å²) in [5.41, 5.74) is 0.244. The zero-order valence-electron chi connectivity index (χ0n) is 21.4. The number of anilines is 3. The van der Waals surface area contributed by atoms with E-state index in [-0.39, 0.29) is 17.3 Å². The highest BCUT2D eigenvalue weighted by Crippen LogP contribution is 2.44. The molecule has 174 valence electrons. The van der Waals surface area contributed by atoms with Crippen LogP contribution in [0, 0.1) is 19.3 Å². The molecule has 0 saturated heterocycles. The molecule has 2 aromatic carbocycles. The summed E-state index contributed by atoms with van der Waals surface area (Å²) in [6.45, 7) is 13.2. The molecule has 7 heteroatoms. The van der Waals surface area contributed by atoms with Crippen LogP contribution < -0.4 is 21.5 Å². The lowest BCUT2D eigenvalue weighted by atomic mass is 9.84. The van der Waals surface area contributed by atoms with Crippen molar-refractivity contribution in [2.24, 2.45) is 5.41 Å². The Morgan fingerprint density at radius 3 is 2.24 bits per heavy atom. The Bertz CT molecular complexity index is 1390. The number of amides is 1. The second kappa shape index (κ2) is 7.33. The second-order valence-corrected chi connectivity index (χ2v) is 10.3. The molecule has 1 atom stereocenters. The highest BCUT2D eigenvalue weighted by atomic mass is 16.3. The van der Waals surface area contributed by atoms with Crippen molar-refractivity contribution in [2.45, 2.75) is 60.0 Å². The molecule has 0 bridgehead atoms. The molecule has 1 amide bonds. The van der Waals surface area contributed by atoms with Crippen LogP contribution in [0.5, 0.6) is 0 Å². The number of benzene rings is 1. The first-order valence-corrected chi connectivity index (χ1v) is 11.0. The fourth-order valence-electron chi connectivity index (χ4n) is 4.49. The third kappa shape index (κ3) is 3.46. The summed E-state index contributed by atoms with van der Waals surface area (Å²) in [6, 6.07) is 5.57. The molecule has 33 heavy (non-hydrogen) atoms. The number of nitrogens with one attached hydrogen (secondary N) is 2. The van der Waals surface area contributed by atoms with Crippen molar-refractivity contribution in [2.75, 3.05) is 17.7 Å². The van der Waals surface area contributed by atoms with Crippen molar-refractivity contribution in [1.29, 1.82) is 0 Å². The van der Waals surface area contributed by atoms with Crippen molar-refractivity contribution in [1.82, 2.24) is 4.90 Å². The van der Waals surface area contributed by atoms with Crippen LogP contribution in [0.2, 0.25) is 0 Å².